The minimum Gasteiger partial charge on any atom is -0.370 e. The van der Waals surface area contributed by atoms with Crippen molar-refractivity contribution < 1.29 is 0 Å². The first-order valence-electron chi connectivity index (χ1n) is 6.32. The molecule has 0 unspecified atom stereocenters. The van der Waals surface area contributed by atoms with Gasteiger partial charge >= 0.3 is 0 Å². The minimum atomic E-state index is 0.563. The molecule has 0 radical (unpaired) electrons. The van der Waals surface area contributed by atoms with Gasteiger partial charge in [0.2, 0.25) is 0 Å². The molecule has 0 aromatic heterocycles. The summed E-state index contributed by atoms with van der Waals surface area (Å²) in [5.41, 5.74) is 5.75. The highest BCUT2D eigenvalue weighted by Crippen LogP contribution is 2.27. The maximum absolute atomic E-state index is 5.75. The predicted octanol–water partition coefficient (Wildman–Crippen LogP) is 2.27. The molecular formula is C12H25N3. The zero-order chi connectivity index (χ0) is 11.1. The molecule has 88 valence electrons. The van der Waals surface area contributed by atoms with Crippen molar-refractivity contribution in [2.24, 2.45) is 16.6 Å². The summed E-state index contributed by atoms with van der Waals surface area (Å²) >= 11 is 0. The Kier molecular flexibility index (Phi) is 5.51. The van der Waals surface area contributed by atoms with E-state index in [0.29, 0.717) is 12.0 Å². The highest BCUT2D eigenvalue weighted by Gasteiger charge is 2.20. The van der Waals surface area contributed by atoms with Crippen molar-refractivity contribution in [3.63, 3.8) is 0 Å². The van der Waals surface area contributed by atoms with Crippen LogP contribution in [0.2, 0.25) is 0 Å². The van der Waals surface area contributed by atoms with Gasteiger partial charge in [0.1, 0.15) is 0 Å². The van der Waals surface area contributed by atoms with Gasteiger partial charge in [0.15, 0.2) is 5.96 Å². The third kappa shape index (κ3) is 4.54. The van der Waals surface area contributed by atoms with Gasteiger partial charge in [-0.3, -0.25) is 4.99 Å². The number of hydrogen-bond acceptors (Lipinski definition) is 1. The second-order valence-electron chi connectivity index (χ2n) is 4.51. The van der Waals surface area contributed by atoms with Gasteiger partial charge in [0, 0.05) is 12.6 Å². The van der Waals surface area contributed by atoms with Gasteiger partial charge < -0.3 is 11.1 Å². The largest absolute Gasteiger partial charge is 0.370 e. The van der Waals surface area contributed by atoms with Crippen molar-refractivity contribution >= 4 is 5.96 Å². The Morgan fingerprint density at radius 2 is 1.93 bits per heavy atom. The lowest BCUT2D eigenvalue weighted by Crippen LogP contribution is -2.42. The number of hydrogen-bond donors (Lipinski definition) is 2. The van der Waals surface area contributed by atoms with E-state index in [1.807, 2.05) is 6.92 Å². The summed E-state index contributed by atoms with van der Waals surface area (Å²) in [5.74, 6) is 1.58. The summed E-state index contributed by atoms with van der Waals surface area (Å²) in [7, 11) is 0. The molecule has 0 saturated heterocycles. The molecule has 3 N–H and O–H groups in total. The predicted molar refractivity (Wildman–Crippen MR) is 66.0 cm³/mol. The SMILES string of the molecule is CCCC1CCC(NC(N)=NCC)CC1. The molecule has 15 heavy (non-hydrogen) atoms. The van der Waals surface area contributed by atoms with E-state index in [9.17, 15) is 0 Å². The van der Waals surface area contributed by atoms with Crippen molar-refractivity contribution in [2.75, 3.05) is 6.54 Å². The lowest BCUT2D eigenvalue weighted by molar-refractivity contribution is 0.295. The summed E-state index contributed by atoms with van der Waals surface area (Å²) in [6, 6.07) is 0.563. The third-order valence-corrected chi connectivity index (χ3v) is 3.22. The Balaban J connectivity index is 2.22. The second kappa shape index (κ2) is 6.70. The Labute approximate surface area is 93.5 Å². The van der Waals surface area contributed by atoms with Crippen LogP contribution in [0.5, 0.6) is 0 Å². The number of guanidine groups is 1. The number of nitrogens with one attached hydrogen (secondary N) is 1. The molecule has 3 heteroatoms. The first kappa shape index (κ1) is 12.3. The number of rotatable bonds is 4. The molecule has 1 aliphatic rings. The molecule has 1 saturated carbocycles. The van der Waals surface area contributed by atoms with Crippen LogP contribution in [0.4, 0.5) is 0 Å². The van der Waals surface area contributed by atoms with E-state index >= 15 is 0 Å². The van der Waals surface area contributed by atoms with Crippen LogP contribution in [0, 0.1) is 5.92 Å². The molecule has 0 aromatic rings. The molecule has 0 aliphatic heterocycles. The highest BCUT2D eigenvalue weighted by molar-refractivity contribution is 5.78. The minimum absolute atomic E-state index is 0.563. The van der Waals surface area contributed by atoms with Crippen LogP contribution >= 0.6 is 0 Å². The van der Waals surface area contributed by atoms with Crippen molar-refractivity contribution in [3.8, 4) is 0 Å². The molecule has 0 aromatic carbocycles. The molecule has 0 amide bonds. The van der Waals surface area contributed by atoms with Crippen LogP contribution in [0.25, 0.3) is 0 Å². The van der Waals surface area contributed by atoms with E-state index in [-0.39, 0.29) is 0 Å². The van der Waals surface area contributed by atoms with Crippen molar-refractivity contribution in [1.29, 1.82) is 0 Å². The fraction of sp³-hybridized carbons (Fsp3) is 0.917. The van der Waals surface area contributed by atoms with E-state index in [2.05, 4.69) is 17.2 Å². The summed E-state index contributed by atoms with van der Waals surface area (Å²) in [6.45, 7) is 5.05. The lowest BCUT2D eigenvalue weighted by Gasteiger charge is -2.29. The Morgan fingerprint density at radius 3 is 2.47 bits per heavy atom. The standard InChI is InChI=1S/C12H25N3/c1-3-5-10-6-8-11(9-7-10)15-12(13)14-4-2/h10-11H,3-9H2,1-2H3,(H3,13,14,15). The highest BCUT2D eigenvalue weighted by atomic mass is 15.1. The molecule has 1 fully saturated rings. The molecule has 0 bridgehead atoms. The lowest BCUT2D eigenvalue weighted by atomic mass is 9.83. The third-order valence-electron chi connectivity index (χ3n) is 3.22. The maximum atomic E-state index is 5.75. The summed E-state index contributed by atoms with van der Waals surface area (Å²) < 4.78 is 0. The van der Waals surface area contributed by atoms with Gasteiger partial charge in [0.05, 0.1) is 0 Å². The van der Waals surface area contributed by atoms with E-state index in [4.69, 9.17) is 5.73 Å². The van der Waals surface area contributed by atoms with Gasteiger partial charge in [0.25, 0.3) is 0 Å². The van der Waals surface area contributed by atoms with E-state index < -0.39 is 0 Å². The van der Waals surface area contributed by atoms with Crippen molar-refractivity contribution in [1.82, 2.24) is 5.32 Å². The fourth-order valence-corrected chi connectivity index (χ4v) is 2.43. The summed E-state index contributed by atoms with van der Waals surface area (Å²) in [5, 5.41) is 3.31. The van der Waals surface area contributed by atoms with Crippen LogP contribution in [0.1, 0.15) is 52.4 Å². The molecule has 0 heterocycles. The zero-order valence-corrected chi connectivity index (χ0v) is 10.1. The Hall–Kier alpha value is -0.730. The zero-order valence-electron chi connectivity index (χ0n) is 10.1. The van der Waals surface area contributed by atoms with Crippen LogP contribution < -0.4 is 11.1 Å². The Morgan fingerprint density at radius 1 is 1.27 bits per heavy atom. The molecule has 1 rings (SSSR count). The quantitative estimate of drug-likeness (QED) is 0.553. The molecule has 0 spiro atoms. The first-order valence-corrected chi connectivity index (χ1v) is 6.32. The summed E-state index contributed by atoms with van der Waals surface area (Å²) in [6.07, 6.45) is 7.93. The average molecular weight is 211 g/mol. The topological polar surface area (TPSA) is 50.4 Å². The van der Waals surface area contributed by atoms with Crippen LogP contribution in [0.3, 0.4) is 0 Å². The van der Waals surface area contributed by atoms with Crippen molar-refractivity contribution in [3.05, 3.63) is 0 Å². The molecule has 3 nitrogen and oxygen atoms in total. The Bertz CT molecular complexity index is 193. The molecule has 1 aliphatic carbocycles. The number of nitrogens with zero attached hydrogens (tertiary/aromatic N) is 1. The van der Waals surface area contributed by atoms with Gasteiger partial charge in [-0.25, -0.2) is 0 Å². The van der Waals surface area contributed by atoms with Gasteiger partial charge in [-0.15, -0.1) is 0 Å². The van der Waals surface area contributed by atoms with Crippen LogP contribution in [-0.4, -0.2) is 18.5 Å². The van der Waals surface area contributed by atoms with Gasteiger partial charge in [-0.2, -0.15) is 0 Å². The molecular weight excluding hydrogens is 186 g/mol. The summed E-state index contributed by atoms with van der Waals surface area (Å²) in [4.78, 5) is 4.16. The van der Waals surface area contributed by atoms with E-state index in [1.54, 1.807) is 0 Å². The van der Waals surface area contributed by atoms with Crippen LogP contribution in [0.15, 0.2) is 4.99 Å². The van der Waals surface area contributed by atoms with Crippen molar-refractivity contribution in [2.45, 2.75) is 58.4 Å². The normalized spacial score (nSPS) is 27.7. The number of nitrogens with two attached hydrogens (primary N) is 1. The van der Waals surface area contributed by atoms with Crippen LogP contribution in [-0.2, 0) is 0 Å². The maximum Gasteiger partial charge on any atom is 0.188 e. The first-order chi connectivity index (χ1) is 7.26. The number of aliphatic imine (C=N–C) groups is 1. The van der Waals surface area contributed by atoms with Gasteiger partial charge in [-0.1, -0.05) is 19.8 Å². The van der Waals surface area contributed by atoms with E-state index in [0.717, 1.165) is 12.5 Å². The monoisotopic (exact) mass is 211 g/mol. The molecule has 0 atom stereocenters. The smallest absolute Gasteiger partial charge is 0.188 e. The average Bonchev–Trinajstić information content (AvgIpc) is 2.22. The van der Waals surface area contributed by atoms with E-state index in [1.165, 1.54) is 38.5 Å². The second-order valence-corrected chi connectivity index (χ2v) is 4.51. The fourth-order valence-electron chi connectivity index (χ4n) is 2.43. The van der Waals surface area contributed by atoms with Gasteiger partial charge in [-0.05, 0) is 38.5 Å².